The first kappa shape index (κ1) is 18.6. The Hall–Kier alpha value is -1.71. The molecule has 0 atom stereocenters. The van der Waals surface area contributed by atoms with Crippen molar-refractivity contribution in [3.8, 4) is 0 Å². The predicted octanol–water partition coefficient (Wildman–Crippen LogP) is 2.02. The van der Waals surface area contributed by atoms with Gasteiger partial charge in [0.2, 0.25) is 0 Å². The molecule has 0 aromatic carbocycles. The molecule has 27 heavy (non-hydrogen) atoms. The molecule has 0 radical (unpaired) electrons. The van der Waals surface area contributed by atoms with Gasteiger partial charge in [0.1, 0.15) is 5.60 Å². The summed E-state index contributed by atoms with van der Waals surface area (Å²) in [4.78, 5) is 31.9. The van der Waals surface area contributed by atoms with Gasteiger partial charge in [-0.1, -0.05) is 0 Å². The van der Waals surface area contributed by atoms with Gasteiger partial charge in [-0.15, -0.1) is 11.3 Å². The fraction of sp³-hybridized carbons (Fsp3) is 0.722. The summed E-state index contributed by atoms with van der Waals surface area (Å²) in [6.07, 6.45) is 3.34. The second-order valence-corrected chi connectivity index (χ2v) is 8.62. The van der Waals surface area contributed by atoms with Crippen LogP contribution in [-0.4, -0.2) is 75.8 Å². The van der Waals surface area contributed by atoms with Crippen molar-refractivity contribution < 1.29 is 19.4 Å². The van der Waals surface area contributed by atoms with Crippen molar-refractivity contribution in [2.45, 2.75) is 50.2 Å². The molecule has 4 rings (SSSR count). The summed E-state index contributed by atoms with van der Waals surface area (Å²) in [5, 5.41) is 13.4. The summed E-state index contributed by atoms with van der Waals surface area (Å²) < 4.78 is 6.42. The van der Waals surface area contributed by atoms with Crippen LogP contribution in [0.5, 0.6) is 0 Å². The molecular weight excluding hydrogens is 368 g/mol. The van der Waals surface area contributed by atoms with Crippen LogP contribution in [0.15, 0.2) is 5.38 Å². The van der Waals surface area contributed by atoms with Crippen LogP contribution in [-0.2, 0) is 16.0 Å². The van der Waals surface area contributed by atoms with Gasteiger partial charge in [-0.3, -0.25) is 10.1 Å². The Morgan fingerprint density at radius 2 is 2.11 bits per heavy atom. The van der Waals surface area contributed by atoms with Crippen LogP contribution < -0.4 is 5.32 Å². The summed E-state index contributed by atoms with van der Waals surface area (Å²) >= 11 is 1.31. The normalized spacial score (nSPS) is 23.7. The molecule has 2 saturated heterocycles. The number of nitrogens with one attached hydrogen (secondary N) is 1. The Morgan fingerprint density at radius 1 is 1.37 bits per heavy atom. The maximum Gasteiger partial charge on any atom is 0.410 e. The summed E-state index contributed by atoms with van der Waals surface area (Å²) in [6, 6.07) is 0. The number of piperidine rings is 1. The first-order valence-corrected chi connectivity index (χ1v) is 10.5. The van der Waals surface area contributed by atoms with Crippen LogP contribution in [0, 0.1) is 0 Å². The van der Waals surface area contributed by atoms with Gasteiger partial charge in [0.15, 0.2) is 5.13 Å². The van der Waals surface area contributed by atoms with Gasteiger partial charge in [0.25, 0.3) is 5.91 Å². The van der Waals surface area contributed by atoms with Crippen molar-refractivity contribution in [1.82, 2.24) is 14.8 Å². The Kier molecular flexibility index (Phi) is 4.85. The number of carbonyl (C=O) groups is 2. The minimum atomic E-state index is -1.09. The topological polar surface area (TPSA) is 95.0 Å². The van der Waals surface area contributed by atoms with Crippen LogP contribution in [0.3, 0.4) is 0 Å². The standard InChI is InChI=1S/C18H26N4O4S/c1-2-22-12-17(26-18(4-5-18)14(22)23)6-9-21(10-7-17)8-3-13-11-27-15(19-13)20-16(24)25/h11H,2-10,12H2,1H3,(H,19,20)(H,24,25). The molecule has 1 aromatic heterocycles. The maximum absolute atomic E-state index is 12.5. The SMILES string of the molecule is CCN1CC2(CCN(CCc3csc(NC(=O)O)n3)CC2)OC2(CC2)C1=O. The summed E-state index contributed by atoms with van der Waals surface area (Å²) in [5.74, 6) is 0.187. The summed E-state index contributed by atoms with van der Waals surface area (Å²) in [5.41, 5.74) is 0.221. The summed E-state index contributed by atoms with van der Waals surface area (Å²) in [7, 11) is 0. The van der Waals surface area contributed by atoms with Crippen LogP contribution >= 0.6 is 11.3 Å². The number of hydrogen-bond acceptors (Lipinski definition) is 6. The van der Waals surface area contributed by atoms with Gasteiger partial charge in [0.05, 0.1) is 11.3 Å². The Balaban J connectivity index is 1.29. The number of amides is 2. The quantitative estimate of drug-likeness (QED) is 0.793. The van der Waals surface area contributed by atoms with Gasteiger partial charge >= 0.3 is 6.09 Å². The van der Waals surface area contributed by atoms with E-state index in [1.165, 1.54) is 11.3 Å². The second kappa shape index (κ2) is 7.03. The molecule has 3 heterocycles. The Labute approximate surface area is 162 Å². The number of ether oxygens (including phenoxy) is 1. The largest absolute Gasteiger partial charge is 0.465 e. The average Bonchev–Trinajstić information content (AvgIpc) is 3.27. The van der Waals surface area contributed by atoms with E-state index in [4.69, 9.17) is 9.84 Å². The Bertz CT molecular complexity index is 725. The highest BCUT2D eigenvalue weighted by atomic mass is 32.1. The molecule has 148 valence electrons. The maximum atomic E-state index is 12.5. The van der Waals surface area contributed by atoms with Gasteiger partial charge in [-0.2, -0.15) is 0 Å². The van der Waals surface area contributed by atoms with E-state index in [1.807, 2.05) is 17.2 Å². The molecule has 0 unspecified atom stereocenters. The highest BCUT2D eigenvalue weighted by Crippen LogP contribution is 2.49. The monoisotopic (exact) mass is 394 g/mol. The minimum Gasteiger partial charge on any atom is -0.465 e. The zero-order valence-corrected chi connectivity index (χ0v) is 16.4. The number of likely N-dealkylation sites (N-methyl/N-ethyl adjacent to an activating group) is 1. The van der Waals surface area contributed by atoms with Crippen molar-refractivity contribution in [3.05, 3.63) is 11.1 Å². The molecule has 2 N–H and O–H groups in total. The van der Waals surface area contributed by atoms with E-state index >= 15 is 0 Å². The molecule has 8 nitrogen and oxygen atoms in total. The van der Waals surface area contributed by atoms with E-state index in [9.17, 15) is 9.59 Å². The van der Waals surface area contributed by atoms with E-state index in [1.54, 1.807) is 0 Å². The van der Waals surface area contributed by atoms with E-state index in [0.29, 0.717) is 11.7 Å². The molecule has 1 aliphatic carbocycles. The molecule has 2 spiro atoms. The second-order valence-electron chi connectivity index (χ2n) is 7.76. The zero-order chi connectivity index (χ0) is 19.1. The lowest BCUT2D eigenvalue weighted by Gasteiger charge is -2.50. The number of nitrogens with zero attached hydrogens (tertiary/aromatic N) is 3. The highest BCUT2D eigenvalue weighted by molar-refractivity contribution is 7.13. The van der Waals surface area contributed by atoms with Gasteiger partial charge in [-0.25, -0.2) is 9.78 Å². The molecule has 1 saturated carbocycles. The Morgan fingerprint density at radius 3 is 2.74 bits per heavy atom. The first-order chi connectivity index (χ1) is 12.9. The lowest BCUT2D eigenvalue weighted by molar-refractivity contribution is -0.200. The molecule has 2 aliphatic heterocycles. The van der Waals surface area contributed by atoms with Gasteiger partial charge in [-0.05, 0) is 32.6 Å². The molecule has 2 amide bonds. The number of anilines is 1. The van der Waals surface area contributed by atoms with E-state index < -0.39 is 11.7 Å². The third-order valence-corrected chi connectivity index (χ3v) is 6.68. The van der Waals surface area contributed by atoms with Crippen molar-refractivity contribution in [2.75, 3.05) is 38.0 Å². The first-order valence-electron chi connectivity index (χ1n) is 9.60. The van der Waals surface area contributed by atoms with Gasteiger partial charge in [0, 0.05) is 44.5 Å². The highest BCUT2D eigenvalue weighted by Gasteiger charge is 2.61. The third-order valence-electron chi connectivity index (χ3n) is 5.87. The average molecular weight is 394 g/mol. The third kappa shape index (κ3) is 3.81. The van der Waals surface area contributed by atoms with Crippen LogP contribution in [0.2, 0.25) is 0 Å². The van der Waals surface area contributed by atoms with E-state index in [0.717, 1.165) is 64.0 Å². The number of thiazole rings is 1. The number of aromatic nitrogens is 1. The lowest BCUT2D eigenvalue weighted by atomic mass is 9.88. The number of hydrogen-bond donors (Lipinski definition) is 2. The molecule has 0 bridgehead atoms. The zero-order valence-electron chi connectivity index (χ0n) is 15.6. The number of carboxylic acid groups (broad SMARTS) is 1. The predicted molar refractivity (Wildman–Crippen MR) is 101 cm³/mol. The fourth-order valence-corrected chi connectivity index (χ4v) is 4.91. The van der Waals surface area contributed by atoms with Gasteiger partial charge < -0.3 is 19.6 Å². The van der Waals surface area contributed by atoms with Crippen LogP contribution in [0.4, 0.5) is 9.93 Å². The molecule has 3 aliphatic rings. The molecule has 1 aromatic rings. The van der Waals surface area contributed by atoms with Crippen molar-refractivity contribution in [1.29, 1.82) is 0 Å². The number of likely N-dealkylation sites (tertiary alicyclic amines) is 1. The van der Waals surface area contributed by atoms with E-state index in [-0.39, 0.29) is 11.5 Å². The van der Waals surface area contributed by atoms with Crippen LogP contribution in [0.1, 0.15) is 38.3 Å². The minimum absolute atomic E-state index is 0.184. The van der Waals surface area contributed by atoms with E-state index in [2.05, 4.69) is 15.2 Å². The lowest BCUT2D eigenvalue weighted by Crippen LogP contribution is -2.62. The van der Waals surface area contributed by atoms with Crippen LogP contribution in [0.25, 0.3) is 0 Å². The van der Waals surface area contributed by atoms with Crippen molar-refractivity contribution in [2.24, 2.45) is 0 Å². The molecule has 3 fully saturated rings. The summed E-state index contributed by atoms with van der Waals surface area (Å²) in [6.45, 7) is 6.32. The number of morpholine rings is 1. The van der Waals surface area contributed by atoms with Crippen molar-refractivity contribution >= 4 is 28.5 Å². The smallest absolute Gasteiger partial charge is 0.410 e. The number of rotatable bonds is 5. The molecular formula is C18H26N4O4S. The van der Waals surface area contributed by atoms with Crippen molar-refractivity contribution in [3.63, 3.8) is 0 Å². The molecule has 9 heteroatoms. The number of carbonyl (C=O) groups excluding carboxylic acids is 1. The fourth-order valence-electron chi connectivity index (χ4n) is 4.17.